The van der Waals surface area contributed by atoms with Crippen LogP contribution in [0.1, 0.15) is 19.4 Å². The molecule has 2 N–H and O–H groups in total. The van der Waals surface area contributed by atoms with Crippen LogP contribution in [0.5, 0.6) is 0 Å². The van der Waals surface area contributed by atoms with E-state index in [0.717, 1.165) is 17.4 Å². The van der Waals surface area contributed by atoms with Crippen molar-refractivity contribution < 1.29 is 0 Å². The highest BCUT2D eigenvalue weighted by Gasteiger charge is 1.89. The second-order valence-corrected chi connectivity index (χ2v) is 3.08. The molecule has 0 heterocycles. The van der Waals surface area contributed by atoms with E-state index in [1.54, 1.807) is 0 Å². The zero-order valence-electron chi connectivity index (χ0n) is 7.68. The molecular weight excluding hydrogens is 214 g/mol. The first-order valence-corrected chi connectivity index (χ1v) is 5.07. The maximum absolute atomic E-state index is 5.39. The minimum Gasteiger partial charge on any atom is -0.330 e. The molecule has 0 aliphatic rings. The fraction of sp³-hybridized carbons (Fsp3) is 0.400. The number of hydrogen-bond acceptors (Lipinski definition) is 1. The van der Waals surface area contributed by atoms with Crippen molar-refractivity contribution in [2.45, 2.75) is 20.3 Å². The molecule has 1 rings (SSSR count). The second kappa shape index (κ2) is 7.32. The van der Waals surface area contributed by atoms with Crippen LogP contribution in [-0.4, -0.2) is 6.54 Å². The fourth-order valence-corrected chi connectivity index (χ4v) is 1.08. The first-order valence-electron chi connectivity index (χ1n) is 4.27. The van der Waals surface area contributed by atoms with E-state index >= 15 is 0 Å². The molecule has 0 unspecified atom stereocenters. The Balaban J connectivity index is 0.000000561. The zero-order valence-corrected chi connectivity index (χ0v) is 9.26. The summed E-state index contributed by atoms with van der Waals surface area (Å²) in [4.78, 5) is 0. The lowest BCUT2D eigenvalue weighted by molar-refractivity contribution is 0.968. The molecule has 0 aliphatic heterocycles. The molecule has 0 amide bonds. The maximum atomic E-state index is 5.39. The lowest BCUT2D eigenvalue weighted by Gasteiger charge is -1.96. The summed E-state index contributed by atoms with van der Waals surface area (Å²) in [6.45, 7) is 4.72. The van der Waals surface area contributed by atoms with Crippen LogP contribution in [0.15, 0.2) is 28.7 Å². The monoisotopic (exact) mass is 229 g/mol. The van der Waals surface area contributed by atoms with Gasteiger partial charge in [0.15, 0.2) is 0 Å². The van der Waals surface area contributed by atoms with Crippen LogP contribution in [-0.2, 0) is 6.42 Å². The van der Waals surface area contributed by atoms with Crippen LogP contribution >= 0.6 is 15.9 Å². The van der Waals surface area contributed by atoms with Crippen LogP contribution in [0.4, 0.5) is 0 Å². The standard InChI is InChI=1S/C8H10BrN.C2H6/c9-8-3-1-7(2-4-8)5-6-10;1-2/h1-4H,5-6,10H2;1-2H3. The van der Waals surface area contributed by atoms with Gasteiger partial charge in [0.25, 0.3) is 0 Å². The minimum atomic E-state index is 0.724. The molecule has 2 heteroatoms. The van der Waals surface area contributed by atoms with Gasteiger partial charge in [0.1, 0.15) is 0 Å². The summed E-state index contributed by atoms with van der Waals surface area (Å²) in [7, 11) is 0. The van der Waals surface area contributed by atoms with E-state index in [-0.39, 0.29) is 0 Å². The van der Waals surface area contributed by atoms with Gasteiger partial charge in [-0.3, -0.25) is 0 Å². The molecule has 0 aromatic heterocycles. The predicted molar refractivity (Wildman–Crippen MR) is 58.2 cm³/mol. The molecule has 0 atom stereocenters. The average molecular weight is 230 g/mol. The zero-order chi connectivity index (χ0) is 9.40. The molecule has 68 valence electrons. The first kappa shape index (κ1) is 11.7. The Kier molecular flexibility index (Phi) is 7.11. The number of rotatable bonds is 2. The Bertz CT molecular complexity index is 193. The van der Waals surface area contributed by atoms with Crippen molar-refractivity contribution in [2.75, 3.05) is 6.54 Å². The third-order valence-electron chi connectivity index (χ3n) is 1.35. The highest BCUT2D eigenvalue weighted by atomic mass is 79.9. The molecule has 0 fully saturated rings. The Morgan fingerprint density at radius 2 is 1.67 bits per heavy atom. The highest BCUT2D eigenvalue weighted by Crippen LogP contribution is 2.10. The molecule has 0 aliphatic carbocycles. The molecule has 1 aromatic carbocycles. The fourth-order valence-electron chi connectivity index (χ4n) is 0.818. The Labute approximate surface area is 83.1 Å². The second-order valence-electron chi connectivity index (χ2n) is 2.17. The van der Waals surface area contributed by atoms with Crippen molar-refractivity contribution in [1.29, 1.82) is 0 Å². The van der Waals surface area contributed by atoms with E-state index in [1.165, 1.54) is 5.56 Å². The van der Waals surface area contributed by atoms with E-state index in [0.29, 0.717) is 0 Å². The molecule has 0 saturated carbocycles. The van der Waals surface area contributed by atoms with Gasteiger partial charge in [-0.1, -0.05) is 41.9 Å². The molecule has 0 bridgehead atoms. The van der Waals surface area contributed by atoms with E-state index in [4.69, 9.17) is 5.73 Å². The third kappa shape index (κ3) is 4.52. The number of nitrogens with two attached hydrogens (primary N) is 1. The molecule has 12 heavy (non-hydrogen) atoms. The van der Waals surface area contributed by atoms with E-state index < -0.39 is 0 Å². The van der Waals surface area contributed by atoms with Crippen LogP contribution in [0.2, 0.25) is 0 Å². The summed E-state index contributed by atoms with van der Waals surface area (Å²) in [5, 5.41) is 0. The van der Waals surface area contributed by atoms with E-state index in [9.17, 15) is 0 Å². The van der Waals surface area contributed by atoms with Crippen molar-refractivity contribution in [1.82, 2.24) is 0 Å². The molecule has 0 spiro atoms. The van der Waals surface area contributed by atoms with Crippen molar-refractivity contribution in [2.24, 2.45) is 5.73 Å². The predicted octanol–water partition coefficient (Wildman–Crippen LogP) is 2.98. The summed E-state index contributed by atoms with van der Waals surface area (Å²) in [5.41, 5.74) is 6.68. The summed E-state index contributed by atoms with van der Waals surface area (Å²) in [6, 6.07) is 8.23. The molecule has 1 nitrogen and oxygen atoms in total. The third-order valence-corrected chi connectivity index (χ3v) is 1.87. The molecule has 0 radical (unpaired) electrons. The Hall–Kier alpha value is -0.340. The van der Waals surface area contributed by atoms with Crippen LogP contribution < -0.4 is 5.73 Å². The van der Waals surface area contributed by atoms with Gasteiger partial charge < -0.3 is 5.73 Å². The van der Waals surface area contributed by atoms with Crippen molar-refractivity contribution in [3.05, 3.63) is 34.3 Å². The molecule has 0 saturated heterocycles. The summed E-state index contributed by atoms with van der Waals surface area (Å²) >= 11 is 3.37. The van der Waals surface area contributed by atoms with Crippen molar-refractivity contribution >= 4 is 15.9 Å². The Morgan fingerprint density at radius 3 is 2.08 bits per heavy atom. The van der Waals surface area contributed by atoms with Gasteiger partial charge in [-0.05, 0) is 30.7 Å². The van der Waals surface area contributed by atoms with E-state index in [1.807, 2.05) is 26.0 Å². The van der Waals surface area contributed by atoms with Gasteiger partial charge in [0.2, 0.25) is 0 Å². The van der Waals surface area contributed by atoms with Crippen molar-refractivity contribution in [3.8, 4) is 0 Å². The van der Waals surface area contributed by atoms with Gasteiger partial charge in [0, 0.05) is 4.47 Å². The van der Waals surface area contributed by atoms with Gasteiger partial charge in [0.05, 0.1) is 0 Å². The number of hydrogen-bond donors (Lipinski definition) is 1. The summed E-state index contributed by atoms with van der Waals surface area (Å²) in [5.74, 6) is 0. The number of benzene rings is 1. The van der Waals surface area contributed by atoms with Crippen LogP contribution in [0, 0.1) is 0 Å². The van der Waals surface area contributed by atoms with Crippen LogP contribution in [0.25, 0.3) is 0 Å². The van der Waals surface area contributed by atoms with E-state index in [2.05, 4.69) is 28.1 Å². The highest BCUT2D eigenvalue weighted by molar-refractivity contribution is 9.10. The first-order chi connectivity index (χ1) is 5.83. The largest absolute Gasteiger partial charge is 0.330 e. The smallest absolute Gasteiger partial charge is 0.0175 e. The summed E-state index contributed by atoms with van der Waals surface area (Å²) < 4.78 is 1.12. The molecule has 1 aromatic rings. The Morgan fingerprint density at radius 1 is 1.17 bits per heavy atom. The molecular formula is C10H16BrN. The topological polar surface area (TPSA) is 26.0 Å². The van der Waals surface area contributed by atoms with Gasteiger partial charge in [-0.2, -0.15) is 0 Å². The van der Waals surface area contributed by atoms with Gasteiger partial charge in [-0.25, -0.2) is 0 Å². The lowest BCUT2D eigenvalue weighted by Crippen LogP contribution is -2.01. The average Bonchev–Trinajstić information content (AvgIpc) is 2.13. The summed E-state index contributed by atoms with van der Waals surface area (Å²) in [6.07, 6.45) is 0.966. The lowest BCUT2D eigenvalue weighted by atomic mass is 10.2. The van der Waals surface area contributed by atoms with Crippen molar-refractivity contribution in [3.63, 3.8) is 0 Å². The van der Waals surface area contributed by atoms with Crippen LogP contribution in [0.3, 0.4) is 0 Å². The number of halogens is 1. The van der Waals surface area contributed by atoms with Gasteiger partial charge in [-0.15, -0.1) is 0 Å². The SMILES string of the molecule is CC.NCCc1ccc(Br)cc1. The van der Waals surface area contributed by atoms with Gasteiger partial charge >= 0.3 is 0 Å². The quantitative estimate of drug-likeness (QED) is 0.830. The maximum Gasteiger partial charge on any atom is 0.0175 e. The minimum absolute atomic E-state index is 0.724. The normalized spacial score (nSPS) is 8.67.